The van der Waals surface area contributed by atoms with Gasteiger partial charge in [0.15, 0.2) is 0 Å². The molecule has 370 valence electrons. The van der Waals surface area contributed by atoms with Crippen LogP contribution < -0.4 is 10.6 Å². The molecule has 0 spiro atoms. The van der Waals surface area contributed by atoms with Crippen molar-refractivity contribution in [1.29, 1.82) is 0 Å². The van der Waals surface area contributed by atoms with Crippen molar-refractivity contribution in [2.24, 2.45) is 0 Å². The van der Waals surface area contributed by atoms with Gasteiger partial charge in [0, 0.05) is 71.6 Å². The molecule has 5 heterocycles. The number of nitrogens with one attached hydrogen (secondary N) is 2. The number of imide groups is 1. The number of amides is 7. The predicted molar refractivity (Wildman–Crippen MR) is 250 cm³/mol. The molecule has 3 saturated heterocycles. The summed E-state index contributed by atoms with van der Waals surface area (Å²) < 4.78 is 34.0. The molecule has 2 N–H and O–H groups in total. The number of ether oxygens (including phenoxy) is 6. The third-order valence-corrected chi connectivity index (χ3v) is 15.2. The lowest BCUT2D eigenvalue weighted by Crippen LogP contribution is -2.39. The highest BCUT2D eigenvalue weighted by Gasteiger charge is 2.33. The van der Waals surface area contributed by atoms with E-state index in [2.05, 4.69) is 10.6 Å². The van der Waals surface area contributed by atoms with E-state index >= 15 is 0 Å². The molecule has 21 nitrogen and oxygen atoms in total. The first-order chi connectivity index (χ1) is 32.4. The zero-order chi connectivity index (χ0) is 48.0. The van der Waals surface area contributed by atoms with Crippen molar-refractivity contribution in [1.82, 2.24) is 30.4 Å². The predicted octanol–water partition coefficient (Wildman–Crippen LogP) is 2.56. The molecule has 2 aromatic heterocycles. The molecule has 0 aromatic carbocycles. The van der Waals surface area contributed by atoms with Crippen molar-refractivity contribution in [3.63, 3.8) is 0 Å². The molecular weight excluding hydrogens is 997 g/mol. The summed E-state index contributed by atoms with van der Waals surface area (Å²) >= 11 is 14.9. The van der Waals surface area contributed by atoms with Crippen molar-refractivity contribution in [2.45, 2.75) is 38.5 Å². The van der Waals surface area contributed by atoms with Crippen LogP contribution in [0.25, 0.3) is 0 Å². The lowest BCUT2D eigenvalue weighted by molar-refractivity contribution is -0.197. The summed E-state index contributed by atoms with van der Waals surface area (Å²) in [5.74, 6) is -4.46. The number of carbonyl (C=O) groups excluding carboxylic acids is 8. The molecule has 0 radical (unpaired) electrons. The summed E-state index contributed by atoms with van der Waals surface area (Å²) in [5, 5.41) is 6.06. The van der Waals surface area contributed by atoms with Gasteiger partial charge in [0.2, 0.25) is 5.91 Å². The largest absolute Gasteiger partial charge is 0.377 e. The Morgan fingerprint density at radius 3 is 1.28 bits per heavy atom. The molecule has 0 bridgehead atoms. The molecule has 5 rings (SSSR count). The second-order valence-corrected chi connectivity index (χ2v) is 21.1. The topological polar surface area (TPSA) is 238 Å². The van der Waals surface area contributed by atoms with Crippen molar-refractivity contribution in [3.05, 3.63) is 25.8 Å². The highest BCUT2D eigenvalue weighted by Crippen LogP contribution is 2.28. The number of hydroxylamine groups is 2. The molecule has 27 heteroatoms. The van der Waals surface area contributed by atoms with Crippen molar-refractivity contribution in [3.8, 4) is 0 Å². The molecule has 3 aliphatic rings. The van der Waals surface area contributed by atoms with Crippen LogP contribution in [0.5, 0.6) is 0 Å². The van der Waals surface area contributed by atoms with Gasteiger partial charge in [-0.05, 0) is 12.8 Å². The third-order valence-electron chi connectivity index (χ3n) is 9.91. The van der Waals surface area contributed by atoms with Crippen LogP contribution in [0.4, 0.5) is 0 Å². The van der Waals surface area contributed by atoms with E-state index in [4.69, 9.17) is 57.7 Å². The summed E-state index contributed by atoms with van der Waals surface area (Å²) in [4.78, 5) is 115. The Hall–Kier alpha value is -3.74. The number of nitrogens with zero attached hydrogens (tertiary/aromatic N) is 4. The van der Waals surface area contributed by atoms with Gasteiger partial charge in [0.25, 0.3) is 35.4 Å². The average Bonchev–Trinajstić information content (AvgIpc) is 3.99. The minimum atomic E-state index is -0.937. The van der Waals surface area contributed by atoms with Crippen molar-refractivity contribution >= 4 is 117 Å². The Morgan fingerprint density at radius 2 is 0.896 bits per heavy atom. The Bertz CT molecular complexity index is 1990. The van der Waals surface area contributed by atoms with Crippen LogP contribution in [0.2, 0.25) is 0 Å². The van der Waals surface area contributed by atoms with Crippen LogP contribution in [0.3, 0.4) is 0 Å². The maximum atomic E-state index is 13.7. The van der Waals surface area contributed by atoms with E-state index in [9.17, 15) is 38.4 Å². The zero-order valence-corrected chi connectivity index (χ0v) is 41.6. The van der Waals surface area contributed by atoms with Crippen LogP contribution in [0, 0.1) is 6.28 Å². The molecule has 3 aliphatic heterocycles. The van der Waals surface area contributed by atoms with Crippen LogP contribution in [-0.2, 0) is 52.4 Å². The van der Waals surface area contributed by atoms with Crippen LogP contribution in [0.15, 0.2) is 0 Å². The number of hydrogen-bond acceptors (Lipinski definition) is 21. The van der Waals surface area contributed by atoms with E-state index in [-0.39, 0.29) is 142 Å². The maximum absolute atomic E-state index is 13.7. The van der Waals surface area contributed by atoms with E-state index in [0.29, 0.717) is 64.2 Å². The Labute approximate surface area is 412 Å². The highest BCUT2D eigenvalue weighted by molar-refractivity contribution is 7.77. The smallest absolute Gasteiger partial charge is 0.333 e. The number of rotatable bonds is 16. The normalized spacial score (nSPS) is 17.3. The van der Waals surface area contributed by atoms with E-state index in [0.717, 1.165) is 45.3 Å². The average molecular weight is 1050 g/mol. The first kappa shape index (κ1) is 54.2. The van der Waals surface area contributed by atoms with Gasteiger partial charge in [-0.3, -0.25) is 33.6 Å². The molecule has 3 fully saturated rings. The van der Waals surface area contributed by atoms with Gasteiger partial charge in [-0.25, -0.2) is 4.79 Å². The first-order valence-corrected chi connectivity index (χ1v) is 25.7. The number of hydrogen-bond donors (Lipinski definition) is 2. The van der Waals surface area contributed by atoms with Crippen molar-refractivity contribution in [2.75, 3.05) is 132 Å². The third kappa shape index (κ3) is 17.9. The zero-order valence-electron chi connectivity index (χ0n) is 36.7. The molecule has 0 saturated carbocycles. The maximum Gasteiger partial charge on any atom is 0.333 e. The van der Waals surface area contributed by atoms with Gasteiger partial charge in [0.05, 0.1) is 85.7 Å². The van der Waals surface area contributed by atoms with E-state index in [1.54, 1.807) is 9.80 Å². The van der Waals surface area contributed by atoms with E-state index in [1.165, 1.54) is 4.90 Å². The lowest BCUT2D eigenvalue weighted by atomic mass is 10.2. The fraction of sp³-hybridized carbons (Fsp3) is 0.650. The van der Waals surface area contributed by atoms with Crippen LogP contribution in [-0.4, -0.2) is 199 Å². The Morgan fingerprint density at radius 1 is 0.537 bits per heavy atom. The fourth-order valence-electron chi connectivity index (χ4n) is 6.48. The summed E-state index contributed by atoms with van der Waals surface area (Å²) in [7, 11) is 0. The summed E-state index contributed by atoms with van der Waals surface area (Å²) in [6, 6.07) is 0. The molecule has 67 heavy (non-hydrogen) atoms. The van der Waals surface area contributed by atoms with Gasteiger partial charge in [-0.2, -0.15) is 0 Å². The van der Waals surface area contributed by atoms with Crippen molar-refractivity contribution < 1.29 is 71.6 Å². The molecule has 7 amide bonds. The molecule has 0 unspecified atom stereocenters. The van der Waals surface area contributed by atoms with Gasteiger partial charge in [0.1, 0.15) is 25.8 Å². The Kier molecular flexibility index (Phi) is 23.7. The molecule has 0 aliphatic carbocycles. The van der Waals surface area contributed by atoms with E-state index < -0.39 is 41.9 Å². The molecule has 2 aromatic rings. The van der Waals surface area contributed by atoms with Crippen LogP contribution >= 0.6 is 69.8 Å². The Balaban J connectivity index is 1.17. The van der Waals surface area contributed by atoms with Gasteiger partial charge in [-0.1, -0.05) is 24.4 Å². The SMILES string of the molecule is O=C(CCC(=O)N(CCCNC(=O)c1sc(=S)sc1C(=O)N1CCOCCOCCOCC1)CCCNC(=O)c1sc(=S)sc1C(=O)N1CCOCCOCCOCC1)ON1C(=O)CCC1=O. The lowest BCUT2D eigenvalue weighted by Gasteiger charge is -2.24. The number of carbonyl (C=O) groups is 8. The second-order valence-electron chi connectivity index (χ2n) is 14.6. The minimum absolute atomic E-state index is 0.0796. The van der Waals surface area contributed by atoms with Gasteiger partial charge in [-0.15, -0.1) is 50.4 Å². The second kappa shape index (κ2) is 29.3. The molecule has 0 atom stereocenters. The summed E-state index contributed by atoms with van der Waals surface area (Å²) in [5.41, 5.74) is 0. The quantitative estimate of drug-likeness (QED) is 0.140. The summed E-state index contributed by atoms with van der Waals surface area (Å²) in [6.07, 6.45) is -0.376. The summed E-state index contributed by atoms with van der Waals surface area (Å²) in [6.45, 7) is 5.65. The standard InChI is InChI=1S/C40H54N6O15S6/c47-27(5-6-30(50)61-46-28(48)3-4-29(46)49)43(9-1-7-41-35(51)31-33(66-39(62)64-31)37(53)44-11-15-55-19-23-59-24-20-56-16-12-44)10-2-8-42-36(52)32-34(67-40(63)65-32)38(54)45-13-17-57-21-25-60-26-22-58-18-14-45/h1-26H2,(H,41,51)(H,42,52). The van der Waals surface area contributed by atoms with E-state index in [1.807, 2.05) is 0 Å². The fourth-order valence-corrected chi connectivity index (χ4v) is 11.5. The first-order valence-electron chi connectivity index (χ1n) is 21.7. The molecular formula is C40H54N6O15S6. The highest BCUT2D eigenvalue weighted by atomic mass is 32.2. The van der Waals surface area contributed by atoms with Gasteiger partial charge < -0.3 is 58.6 Å². The minimum Gasteiger partial charge on any atom is -0.377 e. The van der Waals surface area contributed by atoms with Gasteiger partial charge >= 0.3 is 5.97 Å². The van der Waals surface area contributed by atoms with Crippen LogP contribution in [0.1, 0.15) is 77.2 Å². The monoisotopic (exact) mass is 1050 g/mol.